The van der Waals surface area contributed by atoms with Gasteiger partial charge in [0.1, 0.15) is 17.3 Å². The minimum Gasteiger partial charge on any atom is -0.364 e. The maximum Gasteiger partial charge on any atom is 0.182 e. The minimum absolute atomic E-state index is 0.266. The Hall–Kier alpha value is -4.26. The number of aromatic nitrogens is 5. The van der Waals surface area contributed by atoms with Gasteiger partial charge in [0.15, 0.2) is 5.82 Å². The molecule has 0 aliphatic rings. The predicted molar refractivity (Wildman–Crippen MR) is 118 cm³/mol. The van der Waals surface area contributed by atoms with Crippen LogP contribution in [-0.2, 0) is 6.54 Å². The molecule has 0 amide bonds. The minimum atomic E-state index is -0.266. The number of nitrogens with one attached hydrogen (secondary N) is 1. The van der Waals surface area contributed by atoms with E-state index < -0.39 is 0 Å². The highest BCUT2D eigenvalue weighted by Gasteiger charge is 2.12. The van der Waals surface area contributed by atoms with Crippen LogP contribution in [-0.4, -0.2) is 24.9 Å². The highest BCUT2D eigenvalue weighted by molar-refractivity contribution is 5.93. The first-order valence-corrected chi connectivity index (χ1v) is 9.74. The molecule has 3 heterocycles. The van der Waals surface area contributed by atoms with Gasteiger partial charge in [-0.3, -0.25) is 9.97 Å². The van der Waals surface area contributed by atoms with Gasteiger partial charge in [0.2, 0.25) is 0 Å². The van der Waals surface area contributed by atoms with Crippen molar-refractivity contribution < 1.29 is 4.39 Å². The summed E-state index contributed by atoms with van der Waals surface area (Å²) in [7, 11) is 0. The van der Waals surface area contributed by atoms with Gasteiger partial charge in [-0.25, -0.2) is 19.3 Å². The van der Waals surface area contributed by atoms with Crippen LogP contribution in [0, 0.1) is 5.82 Å². The molecule has 3 aromatic heterocycles. The zero-order valence-corrected chi connectivity index (χ0v) is 16.4. The van der Waals surface area contributed by atoms with Crippen LogP contribution in [0.2, 0.25) is 0 Å². The number of hydrogen-bond donors (Lipinski definition) is 1. The Bertz CT molecular complexity index is 1330. The number of fused-ring (bicyclic) bond motifs is 1. The second-order valence-corrected chi connectivity index (χ2v) is 6.90. The van der Waals surface area contributed by atoms with E-state index in [9.17, 15) is 4.39 Å². The summed E-state index contributed by atoms with van der Waals surface area (Å²) in [4.78, 5) is 22.2. The van der Waals surface area contributed by atoms with Crippen LogP contribution < -0.4 is 5.32 Å². The van der Waals surface area contributed by atoms with Crippen molar-refractivity contribution >= 4 is 16.7 Å². The molecule has 2 aromatic carbocycles. The first-order chi connectivity index (χ1) is 15.3. The zero-order valence-electron chi connectivity index (χ0n) is 16.4. The van der Waals surface area contributed by atoms with E-state index in [2.05, 4.69) is 20.3 Å². The summed E-state index contributed by atoms with van der Waals surface area (Å²) >= 11 is 0. The number of pyridine rings is 1. The van der Waals surface area contributed by atoms with E-state index in [1.807, 2.05) is 36.4 Å². The van der Waals surface area contributed by atoms with Gasteiger partial charge in [0.25, 0.3) is 0 Å². The van der Waals surface area contributed by atoms with Crippen LogP contribution in [0.15, 0.2) is 85.5 Å². The topological polar surface area (TPSA) is 76.5 Å². The summed E-state index contributed by atoms with van der Waals surface area (Å²) in [5.74, 6) is 0.889. The number of nitrogens with zero attached hydrogens (tertiary/aromatic N) is 5. The van der Waals surface area contributed by atoms with Gasteiger partial charge in [0.05, 0.1) is 24.0 Å². The number of rotatable bonds is 5. The maximum atomic E-state index is 13.3. The van der Waals surface area contributed by atoms with Crippen molar-refractivity contribution in [1.29, 1.82) is 0 Å². The van der Waals surface area contributed by atoms with Crippen LogP contribution in [0.3, 0.4) is 0 Å². The molecule has 0 radical (unpaired) electrons. The molecule has 5 rings (SSSR count). The van der Waals surface area contributed by atoms with E-state index in [4.69, 9.17) is 9.97 Å². The smallest absolute Gasteiger partial charge is 0.182 e. The van der Waals surface area contributed by atoms with E-state index in [0.717, 1.165) is 27.7 Å². The molecular weight excluding hydrogens is 391 g/mol. The summed E-state index contributed by atoms with van der Waals surface area (Å²) < 4.78 is 13.3. The molecule has 6 nitrogen and oxygen atoms in total. The lowest BCUT2D eigenvalue weighted by Crippen LogP contribution is -2.06. The third-order valence-electron chi connectivity index (χ3n) is 4.83. The summed E-state index contributed by atoms with van der Waals surface area (Å²) in [6.07, 6.45) is 6.61. The lowest BCUT2D eigenvalue weighted by Gasteiger charge is -2.12. The molecule has 0 aliphatic heterocycles. The van der Waals surface area contributed by atoms with Gasteiger partial charge in [-0.05, 0) is 47.5 Å². The average molecular weight is 408 g/mol. The first kappa shape index (κ1) is 18.7. The number of hydrogen-bond acceptors (Lipinski definition) is 6. The lowest BCUT2D eigenvalue weighted by molar-refractivity contribution is 0.628. The Morgan fingerprint density at radius 1 is 0.806 bits per heavy atom. The van der Waals surface area contributed by atoms with Gasteiger partial charge >= 0.3 is 0 Å². The second-order valence-electron chi connectivity index (χ2n) is 6.90. The van der Waals surface area contributed by atoms with Gasteiger partial charge in [0, 0.05) is 24.0 Å². The van der Waals surface area contributed by atoms with Gasteiger partial charge < -0.3 is 5.32 Å². The van der Waals surface area contributed by atoms with Crippen LogP contribution in [0.5, 0.6) is 0 Å². The van der Waals surface area contributed by atoms with Crippen LogP contribution in [0.25, 0.3) is 33.5 Å². The molecule has 0 saturated carbocycles. The third kappa shape index (κ3) is 4.06. The van der Waals surface area contributed by atoms with Crippen molar-refractivity contribution in [3.63, 3.8) is 0 Å². The fourth-order valence-corrected chi connectivity index (χ4v) is 3.29. The summed E-state index contributed by atoms with van der Waals surface area (Å²) in [5, 5.41) is 4.24. The Kier molecular flexibility index (Phi) is 4.98. The normalized spacial score (nSPS) is 10.9. The predicted octanol–water partition coefficient (Wildman–Crippen LogP) is 4.90. The van der Waals surface area contributed by atoms with Crippen molar-refractivity contribution in [2.75, 3.05) is 5.32 Å². The van der Waals surface area contributed by atoms with Crippen molar-refractivity contribution in [1.82, 2.24) is 24.9 Å². The highest BCUT2D eigenvalue weighted by Crippen LogP contribution is 2.29. The van der Waals surface area contributed by atoms with E-state index in [1.54, 1.807) is 36.9 Å². The Labute approximate surface area is 177 Å². The Morgan fingerprint density at radius 2 is 1.68 bits per heavy atom. The quantitative estimate of drug-likeness (QED) is 0.446. The molecule has 150 valence electrons. The van der Waals surface area contributed by atoms with E-state index >= 15 is 0 Å². The van der Waals surface area contributed by atoms with Gasteiger partial charge in [-0.2, -0.15) is 0 Å². The van der Waals surface area contributed by atoms with E-state index in [1.165, 1.54) is 12.1 Å². The summed E-state index contributed by atoms with van der Waals surface area (Å²) in [6, 6.07) is 18.1. The van der Waals surface area contributed by atoms with Gasteiger partial charge in [-0.1, -0.05) is 24.3 Å². The lowest BCUT2D eigenvalue weighted by atomic mass is 10.0. The second kappa shape index (κ2) is 8.23. The third-order valence-corrected chi connectivity index (χ3v) is 4.83. The number of anilines is 1. The largest absolute Gasteiger partial charge is 0.364 e. The molecule has 31 heavy (non-hydrogen) atoms. The monoisotopic (exact) mass is 408 g/mol. The van der Waals surface area contributed by atoms with Crippen molar-refractivity contribution in [2.24, 2.45) is 0 Å². The zero-order chi connectivity index (χ0) is 21.0. The number of benzene rings is 2. The molecule has 0 fully saturated rings. The molecule has 0 bridgehead atoms. The Morgan fingerprint density at radius 3 is 2.45 bits per heavy atom. The molecule has 7 heteroatoms. The maximum absolute atomic E-state index is 13.3. The Balaban J connectivity index is 1.60. The molecule has 0 aliphatic carbocycles. The summed E-state index contributed by atoms with van der Waals surface area (Å²) in [5.41, 5.74) is 4.08. The SMILES string of the molecule is Fc1ccc(-c2ccc3c(NCc4ccccn4)nc(-c4cnccn4)nc3c2)cc1. The molecule has 0 spiro atoms. The van der Waals surface area contributed by atoms with Crippen LogP contribution >= 0.6 is 0 Å². The van der Waals surface area contributed by atoms with Crippen molar-refractivity contribution in [2.45, 2.75) is 6.54 Å². The van der Waals surface area contributed by atoms with Crippen molar-refractivity contribution in [3.05, 3.63) is 97.0 Å². The molecule has 0 atom stereocenters. The van der Waals surface area contributed by atoms with Crippen LogP contribution in [0.4, 0.5) is 10.2 Å². The number of halogens is 1. The first-order valence-electron chi connectivity index (χ1n) is 9.74. The fraction of sp³-hybridized carbons (Fsp3) is 0.0417. The highest BCUT2D eigenvalue weighted by atomic mass is 19.1. The van der Waals surface area contributed by atoms with E-state index in [0.29, 0.717) is 23.9 Å². The molecule has 5 aromatic rings. The van der Waals surface area contributed by atoms with Crippen LogP contribution in [0.1, 0.15) is 5.69 Å². The van der Waals surface area contributed by atoms with E-state index in [-0.39, 0.29) is 5.82 Å². The molecule has 1 N–H and O–H groups in total. The van der Waals surface area contributed by atoms with Crippen molar-refractivity contribution in [3.8, 4) is 22.6 Å². The average Bonchev–Trinajstić information content (AvgIpc) is 2.83. The molecular formula is C24H17FN6. The fourth-order valence-electron chi connectivity index (χ4n) is 3.29. The standard InChI is InChI=1S/C24H17FN6/c25-18-7-4-16(5-8-18)17-6-9-20-21(13-17)30-24(22-15-26-11-12-28-22)31-23(20)29-14-19-3-1-2-10-27-19/h1-13,15H,14H2,(H,29,30,31). The summed E-state index contributed by atoms with van der Waals surface area (Å²) in [6.45, 7) is 0.520. The molecule has 0 unspecified atom stereocenters. The van der Waals surface area contributed by atoms with Gasteiger partial charge in [-0.15, -0.1) is 0 Å². The molecule has 0 saturated heterocycles.